The molecule has 35 heavy (non-hydrogen) atoms. The summed E-state index contributed by atoms with van der Waals surface area (Å²) in [5, 5.41) is 9.68. The first-order valence-electron chi connectivity index (χ1n) is 10.7. The lowest BCUT2D eigenvalue weighted by Gasteiger charge is -2.44. The highest BCUT2D eigenvalue weighted by atomic mass is 32.3. The van der Waals surface area contributed by atoms with Crippen LogP contribution in [0.1, 0.15) is 27.2 Å². The smallest absolute Gasteiger partial charge is 0.397 e. The Morgan fingerprint density at radius 2 is 1.74 bits per heavy atom. The average molecular weight is 551 g/mol. The molecule has 3 N–H and O–H groups in total. The third-order valence-electron chi connectivity index (χ3n) is 6.76. The molecule has 17 heteroatoms. The Kier molecular flexibility index (Phi) is 8.93. The molecule has 3 fully saturated rings. The Labute approximate surface area is 204 Å². The molecule has 0 aromatic carbocycles. The summed E-state index contributed by atoms with van der Waals surface area (Å²) in [5.41, 5.74) is -1.20. The summed E-state index contributed by atoms with van der Waals surface area (Å²) in [7, 11) is -2.48. The molecule has 12 atom stereocenters. The molecule has 0 aromatic rings. The molecule has 3 aliphatic rings. The van der Waals surface area contributed by atoms with Crippen LogP contribution in [-0.4, -0.2) is 95.7 Å². The third kappa shape index (κ3) is 5.86. The molecular weight excluding hydrogens is 520 g/mol. The number of fused-ring (bicyclic) bond motifs is 1. The molecule has 2 aliphatic heterocycles. The van der Waals surface area contributed by atoms with Crippen LogP contribution < -0.4 is 0 Å². The maximum absolute atomic E-state index is 11.9. The van der Waals surface area contributed by atoms with Gasteiger partial charge < -0.3 is 28.8 Å². The predicted molar refractivity (Wildman–Crippen MR) is 112 cm³/mol. The molecule has 0 spiro atoms. The van der Waals surface area contributed by atoms with E-state index in [4.69, 9.17) is 37.3 Å². The van der Waals surface area contributed by atoms with Gasteiger partial charge >= 0.3 is 27.7 Å². The summed E-state index contributed by atoms with van der Waals surface area (Å²) in [6, 6.07) is 0. The van der Waals surface area contributed by atoms with Crippen molar-refractivity contribution in [1.29, 1.82) is 0 Å². The van der Waals surface area contributed by atoms with Crippen LogP contribution in [-0.2, 0) is 63.6 Å². The van der Waals surface area contributed by atoms with E-state index < -0.39 is 88.3 Å². The summed E-state index contributed by atoms with van der Waals surface area (Å²) in [6.45, 7) is 5.12. The van der Waals surface area contributed by atoms with Gasteiger partial charge in [-0.3, -0.25) is 9.11 Å². The van der Waals surface area contributed by atoms with E-state index >= 15 is 0 Å². The van der Waals surface area contributed by atoms with Crippen LogP contribution in [0, 0.1) is 17.8 Å². The molecule has 0 aromatic heterocycles. The van der Waals surface area contributed by atoms with Crippen LogP contribution in [0.2, 0.25) is 0 Å². The van der Waals surface area contributed by atoms with Gasteiger partial charge in [0.2, 0.25) is 0 Å². The summed E-state index contributed by atoms with van der Waals surface area (Å²) in [5.74, 6) is -2.59. The standard InChI is InChI=1S/C18H30O15S2/c1-6-8-11(26-4)13(31-33-34(21)22)14(32-35(23,24)25)17(28-8)30-18(3)9-7(2)16(27-5)29-12(10(9)18)15(19)20/h7-14,16-17H,6H2,1-5H3,(H,19,20)(H,21,22)(H,23,24,25)/t7?,8?,9-,10+,11+,12?,13+,14?,16+,17+,18?/m1/s1. The van der Waals surface area contributed by atoms with Crippen molar-refractivity contribution in [1.82, 2.24) is 0 Å². The highest BCUT2D eigenvalue weighted by Gasteiger charge is 2.74. The molecular formula is C18H30O15S2. The number of carboxylic acids is 1. The van der Waals surface area contributed by atoms with Crippen LogP contribution >= 0.6 is 0 Å². The Morgan fingerprint density at radius 1 is 1.09 bits per heavy atom. The molecule has 0 amide bonds. The number of rotatable bonds is 11. The first kappa shape index (κ1) is 28.7. The van der Waals surface area contributed by atoms with E-state index in [1.807, 2.05) is 0 Å². The number of hydrogen-bond acceptors (Lipinski definition) is 12. The number of aliphatic carboxylic acids is 1. The first-order chi connectivity index (χ1) is 16.3. The summed E-state index contributed by atoms with van der Waals surface area (Å²) >= 11 is -2.90. The fourth-order valence-electron chi connectivity index (χ4n) is 5.32. The van der Waals surface area contributed by atoms with Crippen molar-refractivity contribution in [2.24, 2.45) is 17.8 Å². The van der Waals surface area contributed by atoms with Gasteiger partial charge in [0.25, 0.3) is 0 Å². The van der Waals surface area contributed by atoms with Crippen LogP contribution in [0.15, 0.2) is 0 Å². The van der Waals surface area contributed by atoms with Gasteiger partial charge in [-0.25, -0.2) is 13.9 Å². The van der Waals surface area contributed by atoms with Crippen molar-refractivity contribution < 1.29 is 68.7 Å². The van der Waals surface area contributed by atoms with Crippen molar-refractivity contribution in [2.45, 2.75) is 75.9 Å². The minimum absolute atomic E-state index is 0.297. The summed E-state index contributed by atoms with van der Waals surface area (Å²) in [6.07, 6.45) is -8.55. The van der Waals surface area contributed by atoms with E-state index in [-0.39, 0.29) is 5.92 Å². The zero-order chi connectivity index (χ0) is 26.3. The van der Waals surface area contributed by atoms with Crippen LogP contribution in [0.3, 0.4) is 0 Å². The second kappa shape index (κ2) is 10.9. The Hall–Kier alpha value is -0.830. The van der Waals surface area contributed by atoms with Crippen LogP contribution in [0.4, 0.5) is 0 Å². The van der Waals surface area contributed by atoms with Gasteiger partial charge in [-0.2, -0.15) is 12.6 Å². The highest BCUT2D eigenvalue weighted by molar-refractivity contribution is 7.80. The fourth-order valence-corrected chi connectivity index (χ4v) is 5.96. The molecule has 0 radical (unpaired) electrons. The number of carboxylic acid groups (broad SMARTS) is 1. The number of carbonyl (C=O) groups is 1. The number of methoxy groups -OCH3 is 2. The first-order valence-corrected chi connectivity index (χ1v) is 13.1. The molecule has 0 bridgehead atoms. The molecule has 204 valence electrons. The largest absolute Gasteiger partial charge is 0.479 e. The van der Waals surface area contributed by atoms with Crippen LogP contribution in [0.5, 0.6) is 0 Å². The zero-order valence-electron chi connectivity index (χ0n) is 19.5. The normalized spacial score (nSPS) is 44.4. The molecule has 2 saturated heterocycles. The van der Waals surface area contributed by atoms with Crippen molar-refractivity contribution in [3.8, 4) is 0 Å². The quantitative estimate of drug-likeness (QED) is 0.133. The Balaban J connectivity index is 1.95. The molecule has 6 unspecified atom stereocenters. The molecule has 15 nitrogen and oxygen atoms in total. The zero-order valence-corrected chi connectivity index (χ0v) is 21.2. The fraction of sp³-hybridized carbons (Fsp3) is 0.944. The monoisotopic (exact) mass is 550 g/mol. The molecule has 2 heterocycles. The van der Waals surface area contributed by atoms with E-state index in [0.29, 0.717) is 6.42 Å². The average Bonchev–Trinajstić information content (AvgIpc) is 3.37. The number of hydrogen-bond donors (Lipinski definition) is 3. The van der Waals surface area contributed by atoms with Crippen molar-refractivity contribution in [3.05, 3.63) is 0 Å². The minimum Gasteiger partial charge on any atom is -0.479 e. The van der Waals surface area contributed by atoms with Gasteiger partial charge in [0.15, 0.2) is 30.9 Å². The van der Waals surface area contributed by atoms with Gasteiger partial charge in [0.1, 0.15) is 6.10 Å². The SMILES string of the molecule is CCC1O[C@@H](OC2(C)[C@@H]3C(C(=O)O)O[C@H](OC)C(C)[C@H]32)C(OS(=O)(=O)O)[C@@H](OOS(=O)O)[C@H]1OC. The number of ether oxygens (including phenoxy) is 5. The summed E-state index contributed by atoms with van der Waals surface area (Å²) < 4.78 is 90.0. The third-order valence-corrected chi connectivity index (χ3v) is 7.42. The maximum atomic E-state index is 11.9. The van der Waals surface area contributed by atoms with E-state index in [2.05, 4.69) is 4.33 Å². The summed E-state index contributed by atoms with van der Waals surface area (Å²) in [4.78, 5) is 16.8. The van der Waals surface area contributed by atoms with E-state index in [9.17, 15) is 27.1 Å². The Morgan fingerprint density at radius 3 is 2.23 bits per heavy atom. The topological polar surface area (TPSA) is 203 Å². The minimum atomic E-state index is -5.12. The van der Waals surface area contributed by atoms with Gasteiger partial charge in [0.05, 0.1) is 11.7 Å². The highest BCUT2D eigenvalue weighted by Crippen LogP contribution is 2.63. The van der Waals surface area contributed by atoms with Crippen LogP contribution in [0.25, 0.3) is 0 Å². The maximum Gasteiger partial charge on any atom is 0.397 e. The van der Waals surface area contributed by atoms with E-state index in [1.54, 1.807) is 20.8 Å². The molecule has 1 saturated carbocycles. The van der Waals surface area contributed by atoms with Gasteiger partial charge in [-0.05, 0) is 13.3 Å². The van der Waals surface area contributed by atoms with Crippen molar-refractivity contribution >= 4 is 27.7 Å². The lowest BCUT2D eigenvalue weighted by molar-refractivity contribution is -0.364. The van der Waals surface area contributed by atoms with Gasteiger partial charge in [-0.1, -0.05) is 13.8 Å². The van der Waals surface area contributed by atoms with Gasteiger partial charge in [0, 0.05) is 32.0 Å². The predicted octanol–water partition coefficient (Wildman–Crippen LogP) is -0.109. The Bertz CT molecular complexity index is 898. The van der Waals surface area contributed by atoms with Crippen molar-refractivity contribution in [2.75, 3.05) is 14.2 Å². The van der Waals surface area contributed by atoms with Gasteiger partial charge in [-0.15, -0.1) is 4.33 Å². The van der Waals surface area contributed by atoms with E-state index in [0.717, 1.165) is 0 Å². The lowest BCUT2D eigenvalue weighted by atomic mass is 9.96. The second-order valence-electron chi connectivity index (χ2n) is 8.70. The lowest BCUT2D eigenvalue weighted by Crippen LogP contribution is -2.61. The van der Waals surface area contributed by atoms with Crippen molar-refractivity contribution in [3.63, 3.8) is 0 Å². The van der Waals surface area contributed by atoms with E-state index in [1.165, 1.54) is 14.2 Å². The second-order valence-corrected chi connectivity index (χ2v) is 10.3. The molecule has 1 aliphatic carbocycles. The molecule has 3 rings (SSSR count).